The maximum absolute atomic E-state index is 11.6. The Morgan fingerprint density at radius 1 is 1.69 bits per heavy atom. The molecule has 7 N–H and O–H groups in total. The van der Waals surface area contributed by atoms with Crippen molar-refractivity contribution in [2.45, 2.75) is 19.4 Å². The van der Waals surface area contributed by atoms with Crippen molar-refractivity contribution in [1.82, 2.24) is 16.1 Å². The molecule has 0 saturated carbocycles. The third-order valence-electron chi connectivity index (χ3n) is 2.43. The first-order valence-electron chi connectivity index (χ1n) is 4.89. The molecule has 8 nitrogen and oxygen atoms in total. The number of hydrazine groups is 1. The number of nitrogens with one attached hydrogen (secondary N) is 3. The second-order valence-corrected chi connectivity index (χ2v) is 3.66. The minimum atomic E-state index is -0.496. The number of carbonyl (C=O) groups excluding carboxylic acids is 2. The summed E-state index contributed by atoms with van der Waals surface area (Å²) in [5.41, 5.74) is 2.24. The van der Waals surface area contributed by atoms with E-state index >= 15 is 0 Å². The van der Waals surface area contributed by atoms with E-state index in [1.165, 1.54) is 0 Å². The monoisotopic (exact) mass is 228 g/mol. The van der Waals surface area contributed by atoms with Crippen LogP contribution in [0.3, 0.4) is 0 Å². The van der Waals surface area contributed by atoms with Gasteiger partial charge in [0.15, 0.2) is 5.84 Å². The van der Waals surface area contributed by atoms with E-state index < -0.39 is 6.04 Å². The van der Waals surface area contributed by atoms with Gasteiger partial charge in [-0.15, -0.1) is 0 Å². The van der Waals surface area contributed by atoms with Crippen LogP contribution in [0.5, 0.6) is 0 Å². The maximum Gasteiger partial charge on any atom is 0.243 e. The average Bonchev–Trinajstić information content (AvgIpc) is 2.59. The van der Waals surface area contributed by atoms with Crippen LogP contribution in [0, 0.1) is 5.92 Å². The van der Waals surface area contributed by atoms with Crippen molar-refractivity contribution in [3.8, 4) is 0 Å². The minimum Gasteiger partial charge on any atom is -0.347 e. The number of hydrogen-bond donors (Lipinski definition) is 5. The third-order valence-corrected chi connectivity index (χ3v) is 2.43. The number of carbonyl (C=O) groups is 2. The fourth-order valence-corrected chi connectivity index (χ4v) is 1.52. The van der Waals surface area contributed by atoms with Gasteiger partial charge >= 0.3 is 0 Å². The number of amidine groups is 1. The van der Waals surface area contributed by atoms with Crippen molar-refractivity contribution in [2.24, 2.45) is 22.7 Å². The first-order chi connectivity index (χ1) is 7.58. The summed E-state index contributed by atoms with van der Waals surface area (Å²) in [7, 11) is 0. The lowest BCUT2D eigenvalue weighted by Gasteiger charge is -2.15. The maximum atomic E-state index is 11.6. The van der Waals surface area contributed by atoms with E-state index in [2.05, 4.69) is 21.2 Å². The highest BCUT2D eigenvalue weighted by molar-refractivity contribution is 5.94. The summed E-state index contributed by atoms with van der Waals surface area (Å²) >= 11 is 0. The smallest absolute Gasteiger partial charge is 0.243 e. The molecule has 1 aliphatic heterocycles. The first kappa shape index (κ1) is 12.2. The predicted octanol–water partition coefficient (Wildman–Crippen LogP) is -2.64. The van der Waals surface area contributed by atoms with Gasteiger partial charge in [-0.3, -0.25) is 9.59 Å². The molecule has 1 rings (SSSR count). The summed E-state index contributed by atoms with van der Waals surface area (Å²) in [6.45, 7) is 1.94. The van der Waals surface area contributed by atoms with Gasteiger partial charge in [0.2, 0.25) is 11.8 Å². The van der Waals surface area contributed by atoms with Crippen molar-refractivity contribution in [1.29, 1.82) is 0 Å². The van der Waals surface area contributed by atoms with Crippen molar-refractivity contribution in [2.75, 3.05) is 6.54 Å². The number of hydrazone groups is 1. The third kappa shape index (κ3) is 2.83. The standard InChI is InChI=1S/C8H16N6O2/c1-4-2-6(15)12-7(4)8(16)11-3-5(13-9)14-10/h4,7H,2-3,9-10H2,1H3,(H,11,16)(H,12,15)(H,13,14)/t4-,7?/m1/s1. The second kappa shape index (κ2) is 5.31. The molecule has 1 aliphatic rings. The summed E-state index contributed by atoms with van der Waals surface area (Å²) in [6, 6.07) is -0.496. The second-order valence-electron chi connectivity index (χ2n) is 3.66. The summed E-state index contributed by atoms with van der Waals surface area (Å²) < 4.78 is 0. The molecule has 0 radical (unpaired) electrons. The molecule has 90 valence electrons. The van der Waals surface area contributed by atoms with Gasteiger partial charge in [0.1, 0.15) is 6.04 Å². The Morgan fingerprint density at radius 2 is 2.38 bits per heavy atom. The lowest BCUT2D eigenvalue weighted by Crippen LogP contribution is -2.48. The predicted molar refractivity (Wildman–Crippen MR) is 57.7 cm³/mol. The molecule has 2 amide bonds. The van der Waals surface area contributed by atoms with Crippen molar-refractivity contribution < 1.29 is 9.59 Å². The molecule has 0 aromatic rings. The van der Waals surface area contributed by atoms with Crippen LogP contribution in [0.15, 0.2) is 5.10 Å². The number of amides is 2. The zero-order chi connectivity index (χ0) is 12.1. The quantitative estimate of drug-likeness (QED) is 0.156. The fraction of sp³-hybridized carbons (Fsp3) is 0.625. The highest BCUT2D eigenvalue weighted by Crippen LogP contribution is 2.15. The average molecular weight is 228 g/mol. The van der Waals surface area contributed by atoms with Gasteiger partial charge in [0.25, 0.3) is 0 Å². The molecular weight excluding hydrogens is 212 g/mol. The van der Waals surface area contributed by atoms with Gasteiger partial charge in [0.05, 0.1) is 6.54 Å². The van der Waals surface area contributed by atoms with Crippen LogP contribution in [0.4, 0.5) is 0 Å². The molecule has 16 heavy (non-hydrogen) atoms. The number of hydrogen-bond acceptors (Lipinski definition) is 5. The highest BCUT2D eigenvalue weighted by atomic mass is 16.2. The summed E-state index contributed by atoms with van der Waals surface area (Å²) in [5.74, 6) is 9.94. The Morgan fingerprint density at radius 3 is 2.81 bits per heavy atom. The molecule has 2 atom stereocenters. The molecule has 0 aliphatic carbocycles. The van der Waals surface area contributed by atoms with Gasteiger partial charge in [0, 0.05) is 6.42 Å². The molecule has 0 bridgehead atoms. The van der Waals surface area contributed by atoms with Crippen molar-refractivity contribution in [3.63, 3.8) is 0 Å². The highest BCUT2D eigenvalue weighted by Gasteiger charge is 2.33. The molecule has 1 unspecified atom stereocenters. The van der Waals surface area contributed by atoms with Gasteiger partial charge in [-0.1, -0.05) is 6.92 Å². The van der Waals surface area contributed by atoms with E-state index in [-0.39, 0.29) is 30.1 Å². The molecule has 1 fully saturated rings. The SMILES string of the molecule is C[C@@H]1CC(=O)NC1C(=O)NC/C(=N/N)NN. The van der Waals surface area contributed by atoms with Gasteiger partial charge in [-0.25, -0.2) is 5.84 Å². The molecule has 8 heteroatoms. The van der Waals surface area contributed by atoms with E-state index in [0.717, 1.165) is 0 Å². The van der Waals surface area contributed by atoms with Crippen LogP contribution < -0.4 is 27.7 Å². The van der Waals surface area contributed by atoms with Crippen LogP contribution in [0.1, 0.15) is 13.3 Å². The van der Waals surface area contributed by atoms with Gasteiger partial charge in [-0.05, 0) is 5.92 Å². The lowest BCUT2D eigenvalue weighted by atomic mass is 10.0. The van der Waals surface area contributed by atoms with E-state index in [4.69, 9.17) is 11.7 Å². The molecular formula is C8H16N6O2. The Bertz CT molecular complexity index is 316. The van der Waals surface area contributed by atoms with E-state index in [1.807, 2.05) is 6.92 Å². The van der Waals surface area contributed by atoms with Crippen molar-refractivity contribution >= 4 is 17.6 Å². The Labute approximate surface area is 92.8 Å². The first-order valence-corrected chi connectivity index (χ1v) is 4.89. The summed E-state index contributed by atoms with van der Waals surface area (Å²) in [5, 5.41) is 8.48. The fourth-order valence-electron chi connectivity index (χ4n) is 1.52. The minimum absolute atomic E-state index is 0.0170. The molecule has 0 spiro atoms. The molecule has 1 saturated heterocycles. The van der Waals surface area contributed by atoms with E-state index in [1.54, 1.807) is 0 Å². The van der Waals surface area contributed by atoms with Crippen LogP contribution in [0.25, 0.3) is 0 Å². The van der Waals surface area contributed by atoms with Crippen molar-refractivity contribution in [3.05, 3.63) is 0 Å². The zero-order valence-corrected chi connectivity index (χ0v) is 8.99. The number of rotatable bonds is 3. The van der Waals surface area contributed by atoms with Gasteiger partial charge < -0.3 is 21.9 Å². The lowest BCUT2D eigenvalue weighted by molar-refractivity contribution is -0.125. The zero-order valence-electron chi connectivity index (χ0n) is 8.99. The van der Waals surface area contributed by atoms with Crippen LogP contribution in [-0.4, -0.2) is 30.2 Å². The normalized spacial score (nSPS) is 25.1. The van der Waals surface area contributed by atoms with Crippen LogP contribution >= 0.6 is 0 Å². The largest absolute Gasteiger partial charge is 0.347 e. The number of nitrogens with zero attached hydrogens (tertiary/aromatic N) is 1. The Hall–Kier alpha value is -1.83. The Balaban J connectivity index is 2.44. The van der Waals surface area contributed by atoms with Crippen LogP contribution in [0.2, 0.25) is 0 Å². The van der Waals surface area contributed by atoms with E-state index in [9.17, 15) is 9.59 Å². The molecule has 0 aromatic heterocycles. The van der Waals surface area contributed by atoms with Crippen LogP contribution in [-0.2, 0) is 9.59 Å². The number of nitrogens with two attached hydrogens (primary N) is 2. The van der Waals surface area contributed by atoms with Gasteiger partial charge in [-0.2, -0.15) is 5.10 Å². The van der Waals surface area contributed by atoms with E-state index in [0.29, 0.717) is 6.42 Å². The topological polar surface area (TPSA) is 135 Å². The summed E-state index contributed by atoms with van der Waals surface area (Å²) in [4.78, 5) is 22.7. The summed E-state index contributed by atoms with van der Waals surface area (Å²) in [6.07, 6.45) is 0.366. The molecule has 0 aromatic carbocycles. The molecule has 1 heterocycles. The Kier molecular flexibility index (Phi) is 4.06.